The largest absolute Gasteiger partial charge is 0.375 e. The average Bonchev–Trinajstić information content (AvgIpc) is 2.13. The Kier molecular flexibility index (Phi) is 6.79. The second kappa shape index (κ2) is 7.09. The first-order valence-electron chi connectivity index (χ1n) is 5.76. The summed E-state index contributed by atoms with van der Waals surface area (Å²) in [4.78, 5) is 0. The van der Waals surface area contributed by atoms with Crippen LogP contribution in [-0.4, -0.2) is 31.0 Å². The monoisotopic (exact) mass is 308 g/mol. The van der Waals surface area contributed by atoms with E-state index in [1.165, 1.54) is 6.92 Å². The first-order valence-corrected chi connectivity index (χ1v) is 7.41. The smallest absolute Gasteiger partial charge is 0.236 e. The standard InChI is InChI=1S/C12H20N2O3S.ClH/c1-10(2)13-12(3,15)9-18(16,17)14-11-7-5-4-6-8-11;/h4-8,10,13-15H,9H2,1-3H3;1H. The number of sulfonamides is 1. The molecule has 0 amide bonds. The fraction of sp³-hybridized carbons (Fsp3) is 0.500. The van der Waals surface area contributed by atoms with Crippen LogP contribution in [0.25, 0.3) is 0 Å². The second-order valence-electron chi connectivity index (χ2n) is 4.80. The van der Waals surface area contributed by atoms with Gasteiger partial charge in [0, 0.05) is 11.7 Å². The quantitative estimate of drug-likeness (QED) is 0.697. The van der Waals surface area contributed by atoms with E-state index >= 15 is 0 Å². The van der Waals surface area contributed by atoms with Crippen molar-refractivity contribution in [3.05, 3.63) is 30.3 Å². The molecular weight excluding hydrogens is 288 g/mol. The van der Waals surface area contributed by atoms with E-state index < -0.39 is 21.5 Å². The highest BCUT2D eigenvalue weighted by molar-refractivity contribution is 7.92. The first-order chi connectivity index (χ1) is 8.20. The van der Waals surface area contributed by atoms with Crippen LogP contribution in [0.5, 0.6) is 0 Å². The predicted octanol–water partition coefficient (Wildman–Crippen LogP) is 1.56. The number of rotatable bonds is 6. The fourth-order valence-corrected chi connectivity index (χ4v) is 3.15. The molecule has 5 nitrogen and oxygen atoms in total. The number of anilines is 1. The molecule has 1 atom stereocenters. The van der Waals surface area contributed by atoms with Crippen molar-refractivity contribution in [3.63, 3.8) is 0 Å². The van der Waals surface area contributed by atoms with Crippen LogP contribution in [0.15, 0.2) is 30.3 Å². The molecule has 0 aliphatic heterocycles. The SMILES string of the molecule is CC(C)NC(C)(O)CS(=O)(=O)Nc1ccccc1.Cl. The van der Waals surface area contributed by atoms with E-state index in [1.807, 2.05) is 13.8 Å². The van der Waals surface area contributed by atoms with Crippen LogP contribution < -0.4 is 10.0 Å². The van der Waals surface area contributed by atoms with Gasteiger partial charge in [0.25, 0.3) is 0 Å². The van der Waals surface area contributed by atoms with Crippen molar-refractivity contribution in [3.8, 4) is 0 Å². The maximum absolute atomic E-state index is 11.9. The maximum atomic E-state index is 11.9. The van der Waals surface area contributed by atoms with Gasteiger partial charge in [-0.15, -0.1) is 12.4 Å². The summed E-state index contributed by atoms with van der Waals surface area (Å²) in [7, 11) is -3.60. The van der Waals surface area contributed by atoms with Crippen LogP contribution in [-0.2, 0) is 10.0 Å². The van der Waals surface area contributed by atoms with Gasteiger partial charge < -0.3 is 5.11 Å². The van der Waals surface area contributed by atoms with Crippen LogP contribution in [0, 0.1) is 0 Å². The Morgan fingerprint density at radius 2 is 1.79 bits per heavy atom. The zero-order chi connectivity index (χ0) is 13.8. The summed E-state index contributed by atoms with van der Waals surface area (Å²) < 4.78 is 26.2. The molecule has 110 valence electrons. The highest BCUT2D eigenvalue weighted by atomic mass is 35.5. The summed E-state index contributed by atoms with van der Waals surface area (Å²) in [6.45, 7) is 5.12. The molecular formula is C12H21ClN2O3S. The normalized spacial score (nSPS) is 14.6. The van der Waals surface area contributed by atoms with Gasteiger partial charge in [0.05, 0.1) is 0 Å². The third-order valence-corrected chi connectivity index (χ3v) is 3.61. The summed E-state index contributed by atoms with van der Waals surface area (Å²) in [5.74, 6) is -0.410. The Labute approximate surface area is 120 Å². The number of hydrogen-bond acceptors (Lipinski definition) is 4. The van der Waals surface area contributed by atoms with Crippen molar-refractivity contribution < 1.29 is 13.5 Å². The van der Waals surface area contributed by atoms with E-state index in [9.17, 15) is 13.5 Å². The Hall–Kier alpha value is -0.820. The summed E-state index contributed by atoms with van der Waals surface area (Å²) in [5, 5.41) is 12.8. The Morgan fingerprint density at radius 1 is 1.26 bits per heavy atom. The Balaban J connectivity index is 0.00000324. The molecule has 19 heavy (non-hydrogen) atoms. The van der Waals surface area contributed by atoms with Gasteiger partial charge in [0.15, 0.2) is 0 Å². The van der Waals surface area contributed by atoms with E-state index in [2.05, 4.69) is 10.0 Å². The minimum atomic E-state index is -3.60. The average molecular weight is 309 g/mol. The molecule has 0 saturated carbocycles. The summed E-state index contributed by atoms with van der Waals surface area (Å²) in [6, 6.07) is 8.58. The van der Waals surface area contributed by atoms with E-state index in [0.717, 1.165) is 0 Å². The van der Waals surface area contributed by atoms with Crippen molar-refractivity contribution in [2.75, 3.05) is 10.5 Å². The van der Waals surface area contributed by atoms with Gasteiger partial charge >= 0.3 is 0 Å². The second-order valence-corrected chi connectivity index (χ2v) is 6.52. The Bertz CT molecular complexity index is 475. The molecule has 0 fully saturated rings. The fourth-order valence-electron chi connectivity index (χ4n) is 1.76. The van der Waals surface area contributed by atoms with Crippen molar-refractivity contribution in [1.82, 2.24) is 5.32 Å². The van der Waals surface area contributed by atoms with Crippen LogP contribution in [0.3, 0.4) is 0 Å². The highest BCUT2D eigenvalue weighted by Gasteiger charge is 2.28. The van der Waals surface area contributed by atoms with Crippen molar-refractivity contribution in [2.24, 2.45) is 0 Å². The molecule has 3 N–H and O–H groups in total. The van der Waals surface area contributed by atoms with E-state index in [0.29, 0.717) is 5.69 Å². The maximum Gasteiger partial charge on any atom is 0.236 e. The molecule has 7 heteroatoms. The topological polar surface area (TPSA) is 78.4 Å². The zero-order valence-corrected chi connectivity index (χ0v) is 12.9. The number of hydrogen-bond donors (Lipinski definition) is 3. The third-order valence-electron chi connectivity index (χ3n) is 2.12. The number of aliphatic hydroxyl groups is 1. The van der Waals surface area contributed by atoms with Crippen LogP contribution >= 0.6 is 12.4 Å². The summed E-state index contributed by atoms with van der Waals surface area (Å²) in [5.41, 5.74) is -0.979. The molecule has 1 aromatic rings. The molecule has 1 unspecified atom stereocenters. The summed E-state index contributed by atoms with van der Waals surface area (Å²) in [6.07, 6.45) is 0. The third kappa shape index (κ3) is 7.37. The molecule has 0 saturated heterocycles. The van der Waals surface area contributed by atoms with Gasteiger partial charge in [-0.05, 0) is 32.9 Å². The molecule has 1 rings (SSSR count). The number of halogens is 1. The molecule has 0 heterocycles. The molecule has 0 bridgehead atoms. The van der Waals surface area contributed by atoms with Crippen LogP contribution in [0.4, 0.5) is 5.69 Å². The lowest BCUT2D eigenvalue weighted by Crippen LogP contribution is -2.51. The summed E-state index contributed by atoms with van der Waals surface area (Å²) >= 11 is 0. The van der Waals surface area contributed by atoms with Gasteiger partial charge in [0.1, 0.15) is 11.5 Å². The molecule has 1 aromatic carbocycles. The van der Waals surface area contributed by atoms with Crippen molar-refractivity contribution in [1.29, 1.82) is 0 Å². The van der Waals surface area contributed by atoms with Crippen molar-refractivity contribution in [2.45, 2.75) is 32.5 Å². The Morgan fingerprint density at radius 3 is 2.26 bits per heavy atom. The van der Waals surface area contributed by atoms with Crippen LogP contribution in [0.2, 0.25) is 0 Å². The lowest BCUT2D eigenvalue weighted by molar-refractivity contribution is 0.0387. The molecule has 0 aromatic heterocycles. The minimum absolute atomic E-state index is 0. The molecule has 0 spiro atoms. The molecule has 0 radical (unpaired) electrons. The number of nitrogens with one attached hydrogen (secondary N) is 2. The zero-order valence-electron chi connectivity index (χ0n) is 11.3. The van der Waals surface area contributed by atoms with E-state index in [4.69, 9.17) is 0 Å². The first kappa shape index (κ1) is 18.2. The van der Waals surface area contributed by atoms with E-state index in [-0.39, 0.29) is 18.4 Å². The van der Waals surface area contributed by atoms with Gasteiger partial charge in [-0.1, -0.05) is 18.2 Å². The minimum Gasteiger partial charge on any atom is -0.375 e. The lowest BCUT2D eigenvalue weighted by Gasteiger charge is -2.27. The van der Waals surface area contributed by atoms with Gasteiger partial charge in [-0.2, -0.15) is 0 Å². The lowest BCUT2D eigenvalue weighted by atomic mass is 10.2. The molecule has 0 aliphatic rings. The van der Waals surface area contributed by atoms with E-state index in [1.54, 1.807) is 30.3 Å². The molecule has 0 aliphatic carbocycles. The number of para-hydroxylation sites is 1. The van der Waals surface area contributed by atoms with Crippen molar-refractivity contribution >= 4 is 28.1 Å². The predicted molar refractivity (Wildman–Crippen MR) is 80.0 cm³/mol. The van der Waals surface area contributed by atoms with Gasteiger partial charge in [0.2, 0.25) is 10.0 Å². The van der Waals surface area contributed by atoms with Gasteiger partial charge in [-0.25, -0.2) is 8.42 Å². The highest BCUT2D eigenvalue weighted by Crippen LogP contribution is 2.11. The number of benzene rings is 1. The van der Waals surface area contributed by atoms with Crippen LogP contribution in [0.1, 0.15) is 20.8 Å². The van der Waals surface area contributed by atoms with Gasteiger partial charge in [-0.3, -0.25) is 10.0 Å².